The molecule has 0 aliphatic carbocycles. The van der Waals surface area contributed by atoms with E-state index in [4.69, 9.17) is 9.47 Å². The fraction of sp³-hybridized carbons (Fsp3) is 0.375. The van der Waals surface area contributed by atoms with E-state index in [2.05, 4.69) is 41.6 Å². The number of hydrogen-bond donors (Lipinski definition) is 3. The molecule has 4 rings (SSSR count). The molecule has 3 aromatic carbocycles. The molecule has 3 N–H and O–H groups in total. The van der Waals surface area contributed by atoms with Crippen molar-refractivity contribution in [3.05, 3.63) is 83.9 Å². The first-order chi connectivity index (χ1) is 19.7. The third-order valence-corrected chi connectivity index (χ3v) is 7.31. The lowest BCUT2D eigenvalue weighted by Gasteiger charge is -2.34. The number of fused-ring (bicyclic) bond motifs is 1. The SMILES string of the molecule is COc1ccc(NC(=O)Nc2ccc3c(c2)CC(=O)N([C@H](C)CO)C[C@@H](C)[C@@H](CN(C)Cc2ccccc2)O3)cc1. The number of aliphatic hydroxyl groups excluding tert-OH is 1. The third kappa shape index (κ3) is 8.22. The van der Waals surface area contributed by atoms with Gasteiger partial charge in [-0.3, -0.25) is 9.69 Å². The summed E-state index contributed by atoms with van der Waals surface area (Å²) in [6, 6.07) is 21.9. The Morgan fingerprint density at radius 3 is 2.46 bits per heavy atom. The Morgan fingerprint density at radius 1 is 1.10 bits per heavy atom. The highest BCUT2D eigenvalue weighted by Crippen LogP contribution is 2.29. The quantitative estimate of drug-likeness (QED) is 0.353. The second-order valence-corrected chi connectivity index (χ2v) is 10.7. The second kappa shape index (κ2) is 14.0. The topological polar surface area (TPSA) is 103 Å². The molecule has 9 nitrogen and oxygen atoms in total. The smallest absolute Gasteiger partial charge is 0.323 e. The summed E-state index contributed by atoms with van der Waals surface area (Å²) in [5, 5.41) is 15.5. The van der Waals surface area contributed by atoms with Gasteiger partial charge in [0, 0.05) is 42.5 Å². The van der Waals surface area contributed by atoms with E-state index >= 15 is 0 Å². The van der Waals surface area contributed by atoms with E-state index in [0.29, 0.717) is 41.5 Å². The van der Waals surface area contributed by atoms with Gasteiger partial charge in [-0.25, -0.2) is 4.79 Å². The highest BCUT2D eigenvalue weighted by Gasteiger charge is 2.31. The van der Waals surface area contributed by atoms with E-state index in [1.54, 1.807) is 48.4 Å². The predicted molar refractivity (Wildman–Crippen MR) is 160 cm³/mol. The molecule has 1 heterocycles. The maximum atomic E-state index is 13.5. The molecule has 0 unspecified atom stereocenters. The number of methoxy groups -OCH3 is 1. The fourth-order valence-corrected chi connectivity index (χ4v) is 4.96. The van der Waals surface area contributed by atoms with Crippen LogP contribution in [-0.2, 0) is 17.8 Å². The zero-order valence-electron chi connectivity index (χ0n) is 24.2. The van der Waals surface area contributed by atoms with E-state index < -0.39 is 6.03 Å². The Morgan fingerprint density at radius 2 is 1.78 bits per heavy atom. The van der Waals surface area contributed by atoms with Crippen LogP contribution in [0.5, 0.6) is 11.5 Å². The molecule has 0 spiro atoms. The number of aliphatic hydroxyl groups is 1. The number of anilines is 2. The molecule has 3 atom stereocenters. The predicted octanol–water partition coefficient (Wildman–Crippen LogP) is 4.62. The summed E-state index contributed by atoms with van der Waals surface area (Å²) in [7, 11) is 3.64. The number of carbonyl (C=O) groups excluding carboxylic acids is 2. The van der Waals surface area contributed by atoms with Crippen LogP contribution in [0.1, 0.15) is 25.0 Å². The summed E-state index contributed by atoms with van der Waals surface area (Å²) in [6.45, 7) is 5.68. The van der Waals surface area contributed by atoms with Crippen molar-refractivity contribution in [3.8, 4) is 11.5 Å². The molecule has 0 radical (unpaired) electrons. The largest absolute Gasteiger partial charge is 0.497 e. The van der Waals surface area contributed by atoms with Gasteiger partial charge in [0.2, 0.25) is 5.91 Å². The molecule has 3 aromatic rings. The van der Waals surface area contributed by atoms with Crippen molar-refractivity contribution in [2.24, 2.45) is 5.92 Å². The molecule has 0 bridgehead atoms. The Hall–Kier alpha value is -4.08. The lowest BCUT2D eigenvalue weighted by Crippen LogP contribution is -2.47. The minimum atomic E-state index is -0.407. The number of carbonyl (C=O) groups is 2. The molecule has 0 saturated carbocycles. The first kappa shape index (κ1) is 29.9. The van der Waals surface area contributed by atoms with Crippen LogP contribution in [0, 0.1) is 5.92 Å². The summed E-state index contributed by atoms with van der Waals surface area (Å²) < 4.78 is 11.8. The summed E-state index contributed by atoms with van der Waals surface area (Å²) in [5.41, 5.74) is 3.05. The van der Waals surface area contributed by atoms with Crippen LogP contribution >= 0.6 is 0 Å². The zero-order chi connectivity index (χ0) is 29.4. The summed E-state index contributed by atoms with van der Waals surface area (Å²) in [6.07, 6.45) is -0.117. The number of rotatable bonds is 9. The standard InChI is InChI=1S/C32H40N4O5/c1-22-18-36(23(2)21-37)31(38)17-25-16-27(34-32(39)33-26-10-13-28(40-4)14-11-26)12-15-29(25)41-30(22)20-35(3)19-24-8-6-5-7-9-24/h5-16,22-23,30,37H,17-21H2,1-4H3,(H2,33,34,39)/t22-,23-,30-/m1/s1. The minimum absolute atomic E-state index is 0.00481. The van der Waals surface area contributed by atoms with E-state index in [0.717, 1.165) is 6.54 Å². The van der Waals surface area contributed by atoms with Gasteiger partial charge in [0.05, 0.1) is 26.2 Å². The summed E-state index contributed by atoms with van der Waals surface area (Å²) in [4.78, 5) is 30.1. The minimum Gasteiger partial charge on any atom is -0.497 e. The Balaban J connectivity index is 1.54. The molecular formula is C32H40N4O5. The monoisotopic (exact) mass is 560 g/mol. The number of benzene rings is 3. The fourth-order valence-electron chi connectivity index (χ4n) is 4.96. The molecule has 1 aliphatic rings. The number of nitrogens with one attached hydrogen (secondary N) is 2. The normalized spacial score (nSPS) is 17.9. The molecule has 218 valence electrons. The van der Waals surface area contributed by atoms with Crippen LogP contribution in [0.2, 0.25) is 0 Å². The van der Waals surface area contributed by atoms with Gasteiger partial charge in [-0.05, 0) is 62.0 Å². The first-order valence-electron chi connectivity index (χ1n) is 13.9. The second-order valence-electron chi connectivity index (χ2n) is 10.7. The number of nitrogens with zero attached hydrogens (tertiary/aromatic N) is 2. The highest BCUT2D eigenvalue weighted by molar-refractivity contribution is 6.00. The average Bonchev–Trinajstić information content (AvgIpc) is 3.01. The van der Waals surface area contributed by atoms with E-state index in [9.17, 15) is 14.7 Å². The van der Waals surface area contributed by atoms with Crippen molar-refractivity contribution in [2.75, 3.05) is 44.5 Å². The lowest BCUT2D eigenvalue weighted by molar-refractivity contribution is -0.134. The summed E-state index contributed by atoms with van der Waals surface area (Å²) >= 11 is 0. The van der Waals surface area contributed by atoms with Crippen molar-refractivity contribution >= 4 is 23.3 Å². The summed E-state index contributed by atoms with van der Waals surface area (Å²) in [5.74, 6) is 1.22. The van der Waals surface area contributed by atoms with Crippen LogP contribution in [0.3, 0.4) is 0 Å². The number of urea groups is 1. The lowest BCUT2D eigenvalue weighted by atomic mass is 10.0. The van der Waals surface area contributed by atoms with E-state index in [-0.39, 0.29) is 37.0 Å². The molecule has 0 saturated heterocycles. The van der Waals surface area contributed by atoms with Gasteiger partial charge in [0.15, 0.2) is 0 Å². The van der Waals surface area contributed by atoms with Crippen molar-refractivity contribution in [1.82, 2.24) is 9.80 Å². The third-order valence-electron chi connectivity index (χ3n) is 7.31. The van der Waals surface area contributed by atoms with Gasteiger partial charge >= 0.3 is 6.03 Å². The average molecular weight is 561 g/mol. The maximum Gasteiger partial charge on any atom is 0.323 e. The van der Waals surface area contributed by atoms with Crippen LogP contribution in [0.25, 0.3) is 0 Å². The zero-order valence-corrected chi connectivity index (χ0v) is 24.2. The highest BCUT2D eigenvalue weighted by atomic mass is 16.5. The van der Waals surface area contributed by atoms with Gasteiger partial charge in [0.1, 0.15) is 17.6 Å². The van der Waals surface area contributed by atoms with E-state index in [1.165, 1.54) is 5.56 Å². The number of hydrogen-bond acceptors (Lipinski definition) is 6. The van der Waals surface area contributed by atoms with Crippen molar-refractivity contribution in [2.45, 2.75) is 39.0 Å². The van der Waals surface area contributed by atoms with Gasteiger partial charge < -0.3 is 30.1 Å². The molecule has 1 aliphatic heterocycles. The van der Waals surface area contributed by atoms with Gasteiger partial charge in [-0.1, -0.05) is 37.3 Å². The van der Waals surface area contributed by atoms with Crippen molar-refractivity contribution < 1.29 is 24.2 Å². The molecule has 9 heteroatoms. The van der Waals surface area contributed by atoms with Crippen LogP contribution < -0.4 is 20.1 Å². The van der Waals surface area contributed by atoms with Gasteiger partial charge in [-0.2, -0.15) is 0 Å². The van der Waals surface area contributed by atoms with Gasteiger partial charge in [-0.15, -0.1) is 0 Å². The first-order valence-corrected chi connectivity index (χ1v) is 13.9. The number of likely N-dealkylation sites (N-methyl/N-ethyl adjacent to an activating group) is 1. The molecule has 0 aromatic heterocycles. The van der Waals surface area contributed by atoms with Crippen molar-refractivity contribution in [3.63, 3.8) is 0 Å². The maximum absolute atomic E-state index is 13.5. The molecular weight excluding hydrogens is 520 g/mol. The van der Waals surface area contributed by atoms with Gasteiger partial charge in [0.25, 0.3) is 0 Å². The number of amides is 3. The van der Waals surface area contributed by atoms with E-state index in [1.807, 2.05) is 31.2 Å². The van der Waals surface area contributed by atoms with Crippen molar-refractivity contribution in [1.29, 1.82) is 0 Å². The molecule has 0 fully saturated rings. The number of ether oxygens (including phenoxy) is 2. The molecule has 41 heavy (non-hydrogen) atoms. The van der Waals surface area contributed by atoms with Crippen LogP contribution in [0.4, 0.5) is 16.2 Å². The Labute approximate surface area is 242 Å². The Bertz CT molecular complexity index is 1300. The molecule has 3 amide bonds. The van der Waals surface area contributed by atoms with Crippen LogP contribution in [0.15, 0.2) is 72.8 Å². The Kier molecular flexibility index (Phi) is 10.2. The van der Waals surface area contributed by atoms with Crippen LogP contribution in [-0.4, -0.2) is 72.8 Å².